The maximum absolute atomic E-state index is 13.2. The Hall–Kier alpha value is -1.91. The van der Waals surface area contributed by atoms with Gasteiger partial charge >= 0.3 is 0 Å². The summed E-state index contributed by atoms with van der Waals surface area (Å²) in [4.78, 5) is 0. The number of rotatable bonds is 4. The first-order valence-electron chi connectivity index (χ1n) is 5.95. The Morgan fingerprint density at radius 2 is 2.00 bits per heavy atom. The number of hydrogen-bond donors (Lipinski definition) is 2. The molecule has 2 aromatic rings. The number of aliphatic hydroxyl groups excluding tert-OH is 2. The Kier molecular flexibility index (Phi) is 4.14. The van der Waals surface area contributed by atoms with E-state index in [-0.39, 0.29) is 6.61 Å². The first-order valence-corrected chi connectivity index (χ1v) is 5.95. The van der Waals surface area contributed by atoms with Crippen molar-refractivity contribution < 1.29 is 19.3 Å². The van der Waals surface area contributed by atoms with E-state index >= 15 is 0 Å². The molecule has 0 aliphatic carbocycles. The molecule has 0 aliphatic rings. The predicted molar refractivity (Wildman–Crippen MR) is 69.5 cm³/mol. The lowest BCUT2D eigenvalue weighted by Gasteiger charge is -2.13. The lowest BCUT2D eigenvalue weighted by molar-refractivity contribution is 0.195. The minimum atomic E-state index is -0.827. The smallest absolute Gasteiger partial charge is 0.133 e. The van der Waals surface area contributed by atoms with Crippen LogP contribution >= 0.6 is 0 Å². The van der Waals surface area contributed by atoms with Crippen LogP contribution < -0.4 is 4.74 Å². The number of benzene rings is 2. The van der Waals surface area contributed by atoms with E-state index in [0.717, 1.165) is 5.56 Å². The second-order valence-electron chi connectivity index (χ2n) is 4.27. The summed E-state index contributed by atoms with van der Waals surface area (Å²) < 4.78 is 18.8. The molecule has 2 N–H and O–H groups in total. The van der Waals surface area contributed by atoms with Gasteiger partial charge in [0.05, 0.1) is 12.7 Å². The minimum Gasteiger partial charge on any atom is -0.457 e. The molecule has 0 radical (unpaired) electrons. The monoisotopic (exact) mass is 262 g/mol. The molecule has 4 heteroatoms. The van der Waals surface area contributed by atoms with E-state index in [0.29, 0.717) is 17.1 Å². The molecule has 0 bridgehead atoms. The topological polar surface area (TPSA) is 49.7 Å². The predicted octanol–water partition coefficient (Wildman–Crippen LogP) is 3.16. The van der Waals surface area contributed by atoms with Gasteiger partial charge in [0, 0.05) is 5.56 Å². The summed E-state index contributed by atoms with van der Waals surface area (Å²) >= 11 is 0. The fourth-order valence-electron chi connectivity index (χ4n) is 1.77. The molecule has 19 heavy (non-hydrogen) atoms. The fraction of sp³-hybridized carbons (Fsp3) is 0.200. The van der Waals surface area contributed by atoms with Crippen molar-refractivity contribution in [3.8, 4) is 11.5 Å². The Bertz CT molecular complexity index is 567. The van der Waals surface area contributed by atoms with E-state index in [9.17, 15) is 9.50 Å². The van der Waals surface area contributed by atoms with E-state index < -0.39 is 11.9 Å². The van der Waals surface area contributed by atoms with Gasteiger partial charge in [-0.1, -0.05) is 12.1 Å². The molecule has 0 fully saturated rings. The van der Waals surface area contributed by atoms with Crippen molar-refractivity contribution in [3.05, 3.63) is 59.4 Å². The van der Waals surface area contributed by atoms with Crippen LogP contribution in [-0.4, -0.2) is 10.2 Å². The van der Waals surface area contributed by atoms with Crippen LogP contribution in [0.15, 0.2) is 42.5 Å². The maximum atomic E-state index is 13.2. The summed E-state index contributed by atoms with van der Waals surface area (Å²) in [5.74, 6) is 0.499. The molecular weight excluding hydrogens is 247 g/mol. The Balaban J connectivity index is 2.32. The highest BCUT2D eigenvalue weighted by molar-refractivity contribution is 5.40. The number of ether oxygens (including phenoxy) is 1. The molecule has 100 valence electrons. The van der Waals surface area contributed by atoms with E-state index in [4.69, 9.17) is 9.84 Å². The highest BCUT2D eigenvalue weighted by atomic mass is 19.1. The Morgan fingerprint density at radius 3 is 2.68 bits per heavy atom. The van der Waals surface area contributed by atoms with Gasteiger partial charge in [-0.15, -0.1) is 0 Å². The molecule has 2 aromatic carbocycles. The third kappa shape index (κ3) is 3.30. The quantitative estimate of drug-likeness (QED) is 0.889. The van der Waals surface area contributed by atoms with E-state index in [2.05, 4.69) is 0 Å². The third-order valence-corrected chi connectivity index (χ3v) is 2.73. The van der Waals surface area contributed by atoms with Crippen LogP contribution in [0.2, 0.25) is 0 Å². The van der Waals surface area contributed by atoms with Crippen LogP contribution in [0, 0.1) is 5.82 Å². The van der Waals surface area contributed by atoms with Crippen LogP contribution in [-0.2, 0) is 6.61 Å². The van der Waals surface area contributed by atoms with E-state index in [1.54, 1.807) is 31.2 Å². The molecule has 0 amide bonds. The second kappa shape index (κ2) is 5.82. The highest BCUT2D eigenvalue weighted by Gasteiger charge is 2.11. The summed E-state index contributed by atoms with van der Waals surface area (Å²) in [6, 6.07) is 10.9. The first kappa shape index (κ1) is 13.5. The number of aliphatic hydroxyl groups is 2. The zero-order chi connectivity index (χ0) is 13.8. The molecular formula is C15H15FO3. The molecule has 3 nitrogen and oxygen atoms in total. The van der Waals surface area contributed by atoms with Gasteiger partial charge < -0.3 is 14.9 Å². The SMILES string of the molecule is C[C@@H](O)c1cc(F)ccc1Oc1cccc(CO)c1. The van der Waals surface area contributed by atoms with Crippen LogP contribution in [0.25, 0.3) is 0 Å². The lowest BCUT2D eigenvalue weighted by atomic mass is 10.1. The van der Waals surface area contributed by atoms with Gasteiger partial charge in [0.2, 0.25) is 0 Å². The molecule has 0 saturated heterocycles. The van der Waals surface area contributed by atoms with Gasteiger partial charge in [0.25, 0.3) is 0 Å². The summed E-state index contributed by atoms with van der Waals surface area (Å²) in [5.41, 5.74) is 1.10. The first-order chi connectivity index (χ1) is 9.10. The highest BCUT2D eigenvalue weighted by Crippen LogP contribution is 2.30. The van der Waals surface area contributed by atoms with Crippen molar-refractivity contribution in [2.24, 2.45) is 0 Å². The van der Waals surface area contributed by atoms with Crippen molar-refractivity contribution in [2.45, 2.75) is 19.6 Å². The minimum absolute atomic E-state index is 0.0795. The zero-order valence-electron chi connectivity index (χ0n) is 10.5. The lowest BCUT2D eigenvalue weighted by Crippen LogP contribution is -1.97. The van der Waals surface area contributed by atoms with Crippen molar-refractivity contribution in [3.63, 3.8) is 0 Å². The summed E-state index contributed by atoms with van der Waals surface area (Å²) in [7, 11) is 0. The second-order valence-corrected chi connectivity index (χ2v) is 4.27. The van der Waals surface area contributed by atoms with Crippen molar-refractivity contribution in [1.82, 2.24) is 0 Å². The fourth-order valence-corrected chi connectivity index (χ4v) is 1.77. The molecule has 1 atom stereocenters. The van der Waals surface area contributed by atoms with Gasteiger partial charge in [-0.05, 0) is 42.8 Å². The Morgan fingerprint density at radius 1 is 1.21 bits per heavy atom. The maximum Gasteiger partial charge on any atom is 0.133 e. The summed E-state index contributed by atoms with van der Waals surface area (Å²) in [5, 5.41) is 18.7. The van der Waals surface area contributed by atoms with Gasteiger partial charge in [-0.2, -0.15) is 0 Å². The van der Waals surface area contributed by atoms with Gasteiger partial charge in [0.15, 0.2) is 0 Å². The zero-order valence-corrected chi connectivity index (χ0v) is 10.5. The average molecular weight is 262 g/mol. The molecule has 2 rings (SSSR count). The van der Waals surface area contributed by atoms with Crippen molar-refractivity contribution in [2.75, 3.05) is 0 Å². The standard InChI is InChI=1S/C15H15FO3/c1-10(18)14-8-12(16)5-6-15(14)19-13-4-2-3-11(7-13)9-17/h2-8,10,17-18H,9H2,1H3/t10-/m1/s1. The van der Waals surface area contributed by atoms with Crippen LogP contribution in [0.3, 0.4) is 0 Å². The molecule has 0 saturated carbocycles. The molecule has 0 aliphatic heterocycles. The van der Waals surface area contributed by atoms with Crippen molar-refractivity contribution >= 4 is 0 Å². The van der Waals surface area contributed by atoms with Gasteiger partial charge in [0.1, 0.15) is 17.3 Å². The van der Waals surface area contributed by atoms with E-state index in [1.807, 2.05) is 0 Å². The average Bonchev–Trinajstić information content (AvgIpc) is 2.41. The third-order valence-electron chi connectivity index (χ3n) is 2.73. The summed E-state index contributed by atoms with van der Waals surface area (Å²) in [6.07, 6.45) is -0.827. The van der Waals surface area contributed by atoms with Gasteiger partial charge in [-0.3, -0.25) is 0 Å². The number of hydrogen-bond acceptors (Lipinski definition) is 3. The van der Waals surface area contributed by atoms with Crippen LogP contribution in [0.1, 0.15) is 24.2 Å². The van der Waals surface area contributed by atoms with Crippen molar-refractivity contribution in [1.29, 1.82) is 0 Å². The molecule has 0 unspecified atom stereocenters. The van der Waals surface area contributed by atoms with Crippen LogP contribution in [0.4, 0.5) is 4.39 Å². The van der Waals surface area contributed by atoms with Crippen LogP contribution in [0.5, 0.6) is 11.5 Å². The molecule has 0 heterocycles. The largest absolute Gasteiger partial charge is 0.457 e. The number of halogens is 1. The summed E-state index contributed by atoms with van der Waals surface area (Å²) in [6.45, 7) is 1.47. The van der Waals surface area contributed by atoms with E-state index in [1.165, 1.54) is 18.2 Å². The Labute approximate surface area is 110 Å². The van der Waals surface area contributed by atoms with Gasteiger partial charge in [-0.25, -0.2) is 4.39 Å². The molecule has 0 spiro atoms. The normalized spacial score (nSPS) is 12.2. The molecule has 0 aromatic heterocycles.